The average Bonchev–Trinajstić information content (AvgIpc) is 2.67. The summed E-state index contributed by atoms with van der Waals surface area (Å²) < 4.78 is 0. The van der Waals surface area contributed by atoms with Gasteiger partial charge in [0, 0.05) is 118 Å². The van der Waals surface area contributed by atoms with Crippen molar-refractivity contribution in [2.24, 2.45) is 0 Å². The van der Waals surface area contributed by atoms with Gasteiger partial charge in [0.2, 0.25) is 0 Å². The topological polar surface area (TPSA) is 287 Å². The van der Waals surface area contributed by atoms with Crippen LogP contribution in [0.15, 0.2) is 0 Å². The van der Waals surface area contributed by atoms with Crippen molar-refractivity contribution >= 4 is 35.8 Å². The second-order valence-electron chi connectivity index (χ2n) is 7.04. The zero-order valence-corrected chi connectivity index (χ0v) is 25.0. The number of carbonyl (C=O) groups is 6. The molecule has 16 heteroatoms. The number of rotatable bonds is 18. The van der Waals surface area contributed by atoms with Crippen LogP contribution < -0.4 is 0 Å². The number of hydrogen-bond acceptors (Lipinski definition) is 6. The van der Waals surface area contributed by atoms with Gasteiger partial charge < -0.3 is 41.6 Å². The van der Waals surface area contributed by atoms with Crippen molar-refractivity contribution < 1.29 is 150 Å². The van der Waals surface area contributed by atoms with E-state index in [-0.39, 0.29) is 129 Å². The van der Waals surface area contributed by atoms with Crippen LogP contribution in [0.2, 0.25) is 0 Å². The maximum absolute atomic E-state index is 9.98. The van der Waals surface area contributed by atoms with Crippen molar-refractivity contribution in [2.75, 3.05) is 0 Å². The maximum atomic E-state index is 9.98. The van der Waals surface area contributed by atoms with Gasteiger partial charge in [0.25, 0.3) is 0 Å². The molecule has 0 aromatic carbocycles. The van der Waals surface area contributed by atoms with Crippen LogP contribution in [-0.4, -0.2) is 77.4 Å². The first-order valence-electron chi connectivity index (χ1n) is 10.7. The van der Waals surface area contributed by atoms with E-state index in [0.29, 0.717) is 57.8 Å². The van der Waals surface area contributed by atoms with Crippen molar-refractivity contribution in [3.8, 4) is 0 Å². The maximum Gasteiger partial charge on any atom is 0.303 e. The zero-order chi connectivity index (χ0) is 26.1. The van der Waals surface area contributed by atoms with Gasteiger partial charge in [-0.3, -0.25) is 28.8 Å². The molecule has 0 fully saturated rings. The Morgan fingerprint density at radius 1 is 0.297 bits per heavy atom. The van der Waals surface area contributed by atoms with Gasteiger partial charge >= 0.3 is 35.8 Å². The molecule has 0 spiro atoms. The number of hydrogen-bond donors (Lipinski definition) is 6. The van der Waals surface area contributed by atoms with E-state index in [1.54, 1.807) is 0 Å². The van der Waals surface area contributed by atoms with Crippen molar-refractivity contribution in [3.63, 3.8) is 0 Å². The van der Waals surface area contributed by atoms with Crippen LogP contribution in [0.4, 0.5) is 0 Å². The van der Waals surface area contributed by atoms with E-state index >= 15 is 0 Å². The van der Waals surface area contributed by atoms with Crippen LogP contribution in [0.5, 0.6) is 0 Å². The summed E-state index contributed by atoms with van der Waals surface area (Å²) in [5, 5.41) is 49.2. The largest absolute Gasteiger partial charge is 0.481 e. The van der Waals surface area contributed by atoms with Gasteiger partial charge in [-0.1, -0.05) is 19.3 Å². The van der Waals surface area contributed by atoms with Crippen LogP contribution in [0, 0.1) is 79.9 Å². The Labute approximate surface area is 279 Å². The molecule has 0 bridgehead atoms. The Kier molecular flexibility index (Phi) is 56.9. The van der Waals surface area contributed by atoms with E-state index in [4.69, 9.17) is 30.6 Å². The normalized spacial score (nSPS) is 8.43. The van der Waals surface area contributed by atoms with E-state index < -0.39 is 35.8 Å². The van der Waals surface area contributed by atoms with Crippen LogP contribution in [0.25, 0.3) is 0 Å². The van der Waals surface area contributed by atoms with Gasteiger partial charge in [0.15, 0.2) is 0 Å². The van der Waals surface area contributed by atoms with E-state index in [1.807, 2.05) is 0 Å². The molecule has 14 nitrogen and oxygen atoms in total. The van der Waals surface area contributed by atoms with E-state index in [2.05, 4.69) is 0 Å². The fourth-order valence-electron chi connectivity index (χ4n) is 2.19. The van der Waals surface area contributed by atoms with E-state index in [0.717, 1.165) is 0 Å². The zero-order valence-electron chi connectivity index (χ0n) is 20.4. The molecule has 0 saturated carbocycles. The van der Waals surface area contributed by atoms with E-state index in [9.17, 15) is 28.8 Å². The minimum absolute atomic E-state index is 0. The van der Waals surface area contributed by atoms with Gasteiger partial charge in [0.1, 0.15) is 0 Å². The Bertz CT molecular complexity index is 471. The van der Waals surface area contributed by atoms with Crippen LogP contribution in [-0.2, 0) is 28.8 Å². The summed E-state index contributed by atoms with van der Waals surface area (Å²) in [5.74, 6) is -4.91. The SMILES string of the molecule is O.O.O=C(O)CCCCCC(=O)O.O=C(O)CCCCCC(=O)O.O=C(O)CCCCCC(=O)O.[Gd].[Gd]. The molecule has 0 aliphatic carbocycles. The fourth-order valence-corrected chi connectivity index (χ4v) is 2.19. The summed E-state index contributed by atoms with van der Waals surface area (Å²) in [6.45, 7) is 0. The summed E-state index contributed by atoms with van der Waals surface area (Å²) in [5.41, 5.74) is 0. The average molecular weight is 831 g/mol. The fraction of sp³-hybridized carbons (Fsp3) is 0.714. The van der Waals surface area contributed by atoms with Crippen molar-refractivity contribution in [3.05, 3.63) is 0 Å². The molecule has 0 aromatic heterocycles. The molecule has 224 valence electrons. The molecular formula is C21H40Gd2O14. The Morgan fingerprint density at radius 3 is 0.486 bits per heavy atom. The van der Waals surface area contributed by atoms with Crippen molar-refractivity contribution in [1.82, 2.24) is 0 Å². The summed E-state index contributed by atoms with van der Waals surface area (Å²) in [6.07, 6.45) is 6.30. The predicted octanol–water partition coefficient (Wildman–Crippen LogP) is 1.67. The first-order valence-corrected chi connectivity index (χ1v) is 10.7. The van der Waals surface area contributed by atoms with Crippen LogP contribution in [0.3, 0.4) is 0 Å². The van der Waals surface area contributed by atoms with Crippen LogP contribution in [0.1, 0.15) is 96.3 Å². The molecular weight excluding hydrogens is 791 g/mol. The quantitative estimate of drug-likeness (QED) is 0.108. The second kappa shape index (κ2) is 39.9. The molecule has 10 N–H and O–H groups in total. The molecule has 0 amide bonds. The summed E-state index contributed by atoms with van der Waals surface area (Å²) in [6, 6.07) is 0. The minimum Gasteiger partial charge on any atom is -0.481 e. The van der Waals surface area contributed by atoms with Crippen molar-refractivity contribution in [1.29, 1.82) is 0 Å². The molecule has 0 aliphatic heterocycles. The molecule has 0 aliphatic rings. The smallest absolute Gasteiger partial charge is 0.303 e. The number of aliphatic carboxylic acids is 6. The monoisotopic (exact) mass is 832 g/mol. The molecule has 37 heavy (non-hydrogen) atoms. The number of unbranched alkanes of at least 4 members (excludes halogenated alkanes) is 6. The number of carboxylic acids is 6. The third kappa shape index (κ3) is 72.1. The molecule has 0 heterocycles. The van der Waals surface area contributed by atoms with E-state index in [1.165, 1.54) is 0 Å². The first kappa shape index (κ1) is 52.8. The van der Waals surface area contributed by atoms with Crippen LogP contribution >= 0.6 is 0 Å². The Balaban J connectivity index is -0.0000000692. The second-order valence-corrected chi connectivity index (χ2v) is 7.04. The molecule has 0 saturated heterocycles. The van der Waals surface area contributed by atoms with Gasteiger partial charge in [-0.25, -0.2) is 0 Å². The molecule has 0 unspecified atom stereocenters. The molecule has 0 aromatic rings. The van der Waals surface area contributed by atoms with Gasteiger partial charge in [-0.15, -0.1) is 0 Å². The first-order chi connectivity index (χ1) is 15.4. The van der Waals surface area contributed by atoms with Gasteiger partial charge in [-0.2, -0.15) is 0 Å². The molecule has 0 rings (SSSR count). The van der Waals surface area contributed by atoms with Gasteiger partial charge in [-0.05, 0) is 38.5 Å². The predicted molar refractivity (Wildman–Crippen MR) is 122 cm³/mol. The summed E-state index contributed by atoms with van der Waals surface area (Å²) >= 11 is 0. The minimum atomic E-state index is -0.819. The number of carboxylic acid groups (broad SMARTS) is 6. The Hall–Kier alpha value is -0.611. The van der Waals surface area contributed by atoms with Gasteiger partial charge in [0.05, 0.1) is 0 Å². The Morgan fingerprint density at radius 2 is 0.405 bits per heavy atom. The van der Waals surface area contributed by atoms with Crippen molar-refractivity contribution in [2.45, 2.75) is 96.3 Å². The summed E-state index contributed by atoms with van der Waals surface area (Å²) in [4.78, 5) is 59.9. The standard InChI is InChI=1S/3C7H12O4.2Gd.2H2O/c3*8-6(9)4-2-1-3-5-7(10)11;;;;/h3*1-5H2,(H,8,9)(H,10,11);;;2*1H2. The molecule has 0 radical (unpaired) electrons. The molecule has 0 atom stereocenters. The third-order valence-electron chi connectivity index (χ3n) is 3.84. The summed E-state index contributed by atoms with van der Waals surface area (Å²) in [7, 11) is 0. The third-order valence-corrected chi connectivity index (χ3v) is 3.84.